The fourth-order valence-electron chi connectivity index (χ4n) is 3.45. The number of sulfonamides is 1. The summed E-state index contributed by atoms with van der Waals surface area (Å²) in [6.45, 7) is 3.34. The summed E-state index contributed by atoms with van der Waals surface area (Å²) < 4.78 is 70.7. The number of carbonyl (C=O) groups is 1. The molecule has 1 fully saturated rings. The summed E-state index contributed by atoms with van der Waals surface area (Å²) in [5, 5.41) is 0. The van der Waals surface area contributed by atoms with Gasteiger partial charge in [-0.2, -0.15) is 17.5 Å². The molecular formula is C21H24F3N3O4S. The first-order chi connectivity index (χ1) is 15.1. The van der Waals surface area contributed by atoms with Crippen molar-refractivity contribution in [2.45, 2.75) is 25.3 Å². The summed E-state index contributed by atoms with van der Waals surface area (Å²) in [6, 6.07) is 7.67. The largest absolute Gasteiger partial charge is 0.462 e. The van der Waals surface area contributed by atoms with Gasteiger partial charge in [0, 0.05) is 32.4 Å². The topological polar surface area (TPSA) is 79.8 Å². The molecule has 0 unspecified atom stereocenters. The Morgan fingerprint density at radius 1 is 1.12 bits per heavy atom. The number of esters is 1. The second-order valence-electron chi connectivity index (χ2n) is 7.32. The molecule has 7 nitrogen and oxygen atoms in total. The van der Waals surface area contributed by atoms with E-state index in [2.05, 4.69) is 4.98 Å². The average molecular weight is 472 g/mol. The third-order valence-electron chi connectivity index (χ3n) is 5.03. The van der Waals surface area contributed by atoms with E-state index >= 15 is 0 Å². The van der Waals surface area contributed by atoms with E-state index in [0.717, 1.165) is 12.1 Å². The molecule has 2 aromatic rings. The molecule has 0 spiro atoms. The van der Waals surface area contributed by atoms with Crippen LogP contribution in [0.3, 0.4) is 0 Å². The number of hydrogen-bond donors (Lipinski definition) is 0. The molecule has 0 aliphatic carbocycles. The van der Waals surface area contributed by atoms with Crippen LogP contribution in [0.4, 0.5) is 19.0 Å². The number of carbonyl (C=O) groups excluding carboxylic acids is 1. The third-order valence-corrected chi connectivity index (χ3v) is 6.88. The molecule has 0 bridgehead atoms. The lowest BCUT2D eigenvalue weighted by Crippen LogP contribution is -2.36. The van der Waals surface area contributed by atoms with Crippen molar-refractivity contribution < 1.29 is 31.1 Å². The first kappa shape index (κ1) is 24.0. The SMILES string of the molecule is CCOC(=O)c1ccc(N2CCCN(S(=O)(=O)Cc3cccc(C(F)(F)F)c3)CC2)nc1. The van der Waals surface area contributed by atoms with Crippen molar-refractivity contribution in [3.8, 4) is 0 Å². The number of alkyl halides is 3. The Labute approximate surface area is 184 Å². The minimum Gasteiger partial charge on any atom is -0.462 e. The van der Waals surface area contributed by atoms with E-state index in [1.54, 1.807) is 19.1 Å². The fraction of sp³-hybridized carbons (Fsp3) is 0.429. The molecule has 1 aliphatic rings. The van der Waals surface area contributed by atoms with Crippen molar-refractivity contribution in [3.05, 3.63) is 59.3 Å². The lowest BCUT2D eigenvalue weighted by atomic mass is 10.1. The summed E-state index contributed by atoms with van der Waals surface area (Å²) in [4.78, 5) is 18.0. The quantitative estimate of drug-likeness (QED) is 0.602. The Kier molecular flexibility index (Phi) is 7.40. The summed E-state index contributed by atoms with van der Waals surface area (Å²) >= 11 is 0. The van der Waals surface area contributed by atoms with Crippen LogP contribution in [0.1, 0.15) is 34.8 Å². The standard InChI is InChI=1S/C21H24F3N3O4S/c1-2-31-20(28)17-7-8-19(25-14-17)26-9-4-10-27(12-11-26)32(29,30)15-16-5-3-6-18(13-16)21(22,23)24/h3,5-8,13-14H,2,4,9-12,15H2,1H3. The predicted octanol–water partition coefficient (Wildman–Crippen LogP) is 3.32. The molecular weight excluding hydrogens is 447 g/mol. The van der Waals surface area contributed by atoms with Crippen LogP contribution in [0.25, 0.3) is 0 Å². The van der Waals surface area contributed by atoms with Gasteiger partial charge in [-0.1, -0.05) is 18.2 Å². The van der Waals surface area contributed by atoms with Crippen LogP contribution < -0.4 is 4.90 Å². The van der Waals surface area contributed by atoms with Crippen molar-refractivity contribution in [2.75, 3.05) is 37.7 Å². The van der Waals surface area contributed by atoms with Crippen molar-refractivity contribution in [1.82, 2.24) is 9.29 Å². The number of nitrogens with zero attached hydrogens (tertiary/aromatic N) is 3. The number of pyridine rings is 1. The zero-order valence-electron chi connectivity index (χ0n) is 17.5. The second-order valence-corrected chi connectivity index (χ2v) is 9.29. The van der Waals surface area contributed by atoms with Gasteiger partial charge in [-0.3, -0.25) is 0 Å². The van der Waals surface area contributed by atoms with Crippen LogP contribution in [0.2, 0.25) is 0 Å². The van der Waals surface area contributed by atoms with E-state index < -0.39 is 33.5 Å². The van der Waals surface area contributed by atoms with E-state index in [1.165, 1.54) is 22.6 Å². The highest BCUT2D eigenvalue weighted by Gasteiger charge is 2.31. The molecule has 11 heteroatoms. The first-order valence-corrected chi connectivity index (χ1v) is 11.7. The monoisotopic (exact) mass is 471 g/mol. The molecule has 3 rings (SSSR count). The van der Waals surface area contributed by atoms with E-state index in [1.807, 2.05) is 4.90 Å². The molecule has 1 saturated heterocycles. The average Bonchev–Trinajstić information content (AvgIpc) is 3.00. The van der Waals surface area contributed by atoms with Gasteiger partial charge in [0.2, 0.25) is 10.0 Å². The van der Waals surface area contributed by atoms with Gasteiger partial charge in [0.1, 0.15) is 5.82 Å². The molecule has 0 atom stereocenters. The smallest absolute Gasteiger partial charge is 0.416 e. The van der Waals surface area contributed by atoms with Crippen molar-refractivity contribution in [3.63, 3.8) is 0 Å². The zero-order chi connectivity index (χ0) is 23.4. The van der Waals surface area contributed by atoms with Gasteiger partial charge >= 0.3 is 12.1 Å². The van der Waals surface area contributed by atoms with Gasteiger partial charge in [-0.25, -0.2) is 18.2 Å². The molecule has 32 heavy (non-hydrogen) atoms. The van der Waals surface area contributed by atoms with Crippen LogP contribution in [0, 0.1) is 0 Å². The Balaban J connectivity index is 1.66. The first-order valence-electron chi connectivity index (χ1n) is 10.1. The van der Waals surface area contributed by atoms with Crippen LogP contribution in [-0.4, -0.2) is 56.5 Å². The lowest BCUT2D eigenvalue weighted by Gasteiger charge is -2.23. The zero-order valence-corrected chi connectivity index (χ0v) is 18.3. The molecule has 1 aromatic carbocycles. The highest BCUT2D eigenvalue weighted by atomic mass is 32.2. The normalized spacial score (nSPS) is 15.9. The van der Waals surface area contributed by atoms with E-state index in [-0.39, 0.29) is 25.3 Å². The van der Waals surface area contributed by atoms with Crippen LogP contribution >= 0.6 is 0 Å². The Morgan fingerprint density at radius 2 is 1.91 bits per heavy atom. The van der Waals surface area contributed by atoms with Gasteiger partial charge in [0.25, 0.3) is 0 Å². The molecule has 2 heterocycles. The number of halogens is 3. The predicted molar refractivity (Wildman–Crippen MR) is 113 cm³/mol. The van der Waals surface area contributed by atoms with E-state index in [4.69, 9.17) is 4.74 Å². The van der Waals surface area contributed by atoms with E-state index in [9.17, 15) is 26.4 Å². The van der Waals surface area contributed by atoms with Gasteiger partial charge in [0.15, 0.2) is 0 Å². The van der Waals surface area contributed by atoms with Gasteiger partial charge in [-0.15, -0.1) is 0 Å². The second kappa shape index (κ2) is 9.86. The minimum absolute atomic E-state index is 0.0946. The van der Waals surface area contributed by atoms with Crippen molar-refractivity contribution in [1.29, 1.82) is 0 Å². The molecule has 0 amide bonds. The van der Waals surface area contributed by atoms with Crippen molar-refractivity contribution in [2.24, 2.45) is 0 Å². The molecule has 0 radical (unpaired) electrons. The molecule has 1 aliphatic heterocycles. The van der Waals surface area contributed by atoms with Gasteiger partial charge in [0.05, 0.1) is 23.5 Å². The Morgan fingerprint density at radius 3 is 2.56 bits per heavy atom. The molecule has 1 aromatic heterocycles. The molecule has 0 N–H and O–H groups in total. The van der Waals surface area contributed by atoms with Gasteiger partial charge in [-0.05, 0) is 37.1 Å². The summed E-state index contributed by atoms with van der Waals surface area (Å²) in [5.41, 5.74) is -0.447. The third kappa shape index (κ3) is 5.98. The molecule has 0 saturated carbocycles. The van der Waals surface area contributed by atoms with E-state index in [0.29, 0.717) is 30.9 Å². The number of ether oxygens (including phenoxy) is 1. The lowest BCUT2D eigenvalue weighted by molar-refractivity contribution is -0.137. The summed E-state index contributed by atoms with van der Waals surface area (Å²) in [7, 11) is -3.79. The van der Waals surface area contributed by atoms with Crippen LogP contribution in [0.5, 0.6) is 0 Å². The number of hydrogen-bond acceptors (Lipinski definition) is 6. The van der Waals surface area contributed by atoms with Crippen molar-refractivity contribution >= 4 is 21.8 Å². The fourth-order valence-corrected chi connectivity index (χ4v) is 5.00. The maximum Gasteiger partial charge on any atom is 0.416 e. The highest BCUT2D eigenvalue weighted by molar-refractivity contribution is 7.88. The number of aromatic nitrogens is 1. The highest BCUT2D eigenvalue weighted by Crippen LogP contribution is 2.30. The minimum atomic E-state index is -4.53. The molecule has 174 valence electrons. The summed E-state index contributed by atoms with van der Waals surface area (Å²) in [5.74, 6) is -0.354. The van der Waals surface area contributed by atoms with Crippen LogP contribution in [-0.2, 0) is 26.7 Å². The number of anilines is 1. The summed E-state index contributed by atoms with van der Waals surface area (Å²) in [6.07, 6.45) is -2.58. The number of rotatable bonds is 6. The Hall–Kier alpha value is -2.66. The van der Waals surface area contributed by atoms with Gasteiger partial charge < -0.3 is 9.64 Å². The maximum absolute atomic E-state index is 12.9. The number of benzene rings is 1. The Bertz CT molecular complexity index is 1040. The maximum atomic E-state index is 12.9. The van der Waals surface area contributed by atoms with Crippen LogP contribution in [0.15, 0.2) is 42.6 Å².